The summed E-state index contributed by atoms with van der Waals surface area (Å²) in [6.07, 6.45) is 2.68. The molecule has 0 radical (unpaired) electrons. The van der Waals surface area contributed by atoms with E-state index in [4.69, 9.17) is 10.5 Å². The number of hydrogen-bond donors (Lipinski definition) is 2. The molecule has 2 rings (SSSR count). The van der Waals surface area contributed by atoms with Gasteiger partial charge in [-0.1, -0.05) is 6.92 Å². The average Bonchev–Trinajstić information content (AvgIpc) is 3.00. The number of hydrogen-bond acceptors (Lipinski definition) is 6. The molecule has 3 N–H and O–H groups in total. The predicted octanol–water partition coefficient (Wildman–Crippen LogP) is 3.47. The number of esters is 1. The number of nitrogens with zero attached hydrogens (tertiary/aromatic N) is 1. The molecule has 0 saturated heterocycles. The lowest BCUT2D eigenvalue weighted by atomic mass is 10.1. The van der Waals surface area contributed by atoms with Gasteiger partial charge in [0.2, 0.25) is 0 Å². The van der Waals surface area contributed by atoms with E-state index in [-0.39, 0.29) is 6.04 Å². The second-order valence-electron chi connectivity index (χ2n) is 4.50. The first-order valence-corrected chi connectivity index (χ1v) is 7.76. The van der Waals surface area contributed by atoms with Crippen molar-refractivity contribution >= 4 is 28.7 Å². The minimum Gasteiger partial charge on any atom is -0.462 e. The largest absolute Gasteiger partial charge is 0.462 e. The number of nitrogens with one attached hydrogen (secondary N) is 1. The molecule has 0 saturated carbocycles. The van der Waals surface area contributed by atoms with Crippen LogP contribution in [-0.2, 0) is 4.74 Å². The van der Waals surface area contributed by atoms with Crippen molar-refractivity contribution in [1.82, 2.24) is 4.98 Å². The first-order valence-electron chi connectivity index (χ1n) is 6.88. The summed E-state index contributed by atoms with van der Waals surface area (Å²) in [5.41, 5.74) is 7.47. The molecular weight excluding hydrogens is 286 g/mol. The molecular formula is C15H19N3O2S. The van der Waals surface area contributed by atoms with Crippen molar-refractivity contribution in [3.63, 3.8) is 0 Å². The Morgan fingerprint density at radius 3 is 2.90 bits per heavy atom. The topological polar surface area (TPSA) is 77.2 Å². The summed E-state index contributed by atoms with van der Waals surface area (Å²) in [4.78, 5) is 16.2. The number of thiazole rings is 1. The standard InChI is InChI=1S/C15H19N3O2S/c1-3-13(14-17-7-8-21-14)18-10-5-6-12(16)11(9-10)15(19)20-4-2/h5-9,13,18H,3-4,16H2,1-2H3. The number of rotatable bonds is 6. The number of benzene rings is 1. The van der Waals surface area contributed by atoms with Gasteiger partial charge < -0.3 is 15.8 Å². The molecule has 5 nitrogen and oxygen atoms in total. The fourth-order valence-corrected chi connectivity index (χ4v) is 2.75. The number of nitrogens with two attached hydrogens (primary N) is 1. The van der Waals surface area contributed by atoms with Crippen LogP contribution in [0.25, 0.3) is 0 Å². The van der Waals surface area contributed by atoms with Crippen LogP contribution in [0.4, 0.5) is 11.4 Å². The number of anilines is 2. The molecule has 0 spiro atoms. The normalized spacial score (nSPS) is 11.9. The molecule has 0 fully saturated rings. The van der Waals surface area contributed by atoms with Gasteiger partial charge in [0.15, 0.2) is 0 Å². The van der Waals surface area contributed by atoms with Crippen LogP contribution in [0.3, 0.4) is 0 Å². The third-order valence-electron chi connectivity index (χ3n) is 3.05. The monoisotopic (exact) mass is 305 g/mol. The van der Waals surface area contributed by atoms with Crippen molar-refractivity contribution in [2.45, 2.75) is 26.3 Å². The van der Waals surface area contributed by atoms with Crippen molar-refractivity contribution in [2.75, 3.05) is 17.7 Å². The van der Waals surface area contributed by atoms with E-state index in [1.54, 1.807) is 36.6 Å². The molecule has 1 heterocycles. The highest BCUT2D eigenvalue weighted by Gasteiger charge is 2.15. The lowest BCUT2D eigenvalue weighted by Crippen LogP contribution is -2.12. The molecule has 1 aromatic heterocycles. The van der Waals surface area contributed by atoms with Gasteiger partial charge in [-0.2, -0.15) is 0 Å². The van der Waals surface area contributed by atoms with E-state index in [9.17, 15) is 4.79 Å². The molecule has 0 bridgehead atoms. The second-order valence-corrected chi connectivity index (χ2v) is 5.42. The zero-order chi connectivity index (χ0) is 15.2. The van der Waals surface area contributed by atoms with Crippen molar-refractivity contribution in [1.29, 1.82) is 0 Å². The van der Waals surface area contributed by atoms with Gasteiger partial charge in [-0.3, -0.25) is 0 Å². The number of ether oxygens (including phenoxy) is 1. The number of carbonyl (C=O) groups excluding carboxylic acids is 1. The lowest BCUT2D eigenvalue weighted by Gasteiger charge is -2.17. The SMILES string of the molecule is CCOC(=O)c1cc(NC(CC)c2nccs2)ccc1N. The summed E-state index contributed by atoms with van der Waals surface area (Å²) in [5.74, 6) is -0.402. The maximum atomic E-state index is 11.9. The van der Waals surface area contributed by atoms with Gasteiger partial charge in [0.25, 0.3) is 0 Å². The number of aromatic nitrogens is 1. The van der Waals surface area contributed by atoms with Crippen molar-refractivity contribution in [3.05, 3.63) is 40.3 Å². The van der Waals surface area contributed by atoms with Gasteiger partial charge in [-0.15, -0.1) is 11.3 Å². The van der Waals surface area contributed by atoms with Gasteiger partial charge in [0, 0.05) is 23.0 Å². The van der Waals surface area contributed by atoms with Crippen LogP contribution in [0, 0.1) is 0 Å². The second kappa shape index (κ2) is 7.08. The smallest absolute Gasteiger partial charge is 0.340 e. The zero-order valence-electron chi connectivity index (χ0n) is 12.1. The first kappa shape index (κ1) is 15.3. The Morgan fingerprint density at radius 2 is 2.29 bits per heavy atom. The quantitative estimate of drug-likeness (QED) is 0.631. The molecule has 0 aliphatic carbocycles. The highest BCUT2D eigenvalue weighted by molar-refractivity contribution is 7.09. The van der Waals surface area contributed by atoms with Crippen LogP contribution in [-0.4, -0.2) is 17.6 Å². The first-order chi connectivity index (χ1) is 10.2. The van der Waals surface area contributed by atoms with E-state index < -0.39 is 5.97 Å². The molecule has 1 aromatic carbocycles. The van der Waals surface area contributed by atoms with Gasteiger partial charge in [0.05, 0.1) is 18.2 Å². The van der Waals surface area contributed by atoms with Crippen LogP contribution >= 0.6 is 11.3 Å². The lowest BCUT2D eigenvalue weighted by molar-refractivity contribution is 0.0527. The maximum Gasteiger partial charge on any atom is 0.340 e. The Morgan fingerprint density at radius 1 is 1.48 bits per heavy atom. The molecule has 1 atom stereocenters. The van der Waals surface area contributed by atoms with Crippen LogP contribution in [0.5, 0.6) is 0 Å². The molecule has 0 aliphatic rings. The van der Waals surface area contributed by atoms with Crippen molar-refractivity contribution in [3.8, 4) is 0 Å². The van der Waals surface area contributed by atoms with Gasteiger partial charge in [-0.05, 0) is 31.5 Å². The molecule has 0 amide bonds. The molecule has 1 unspecified atom stereocenters. The number of nitrogen functional groups attached to an aromatic ring is 1. The molecule has 0 aliphatic heterocycles. The fraction of sp³-hybridized carbons (Fsp3) is 0.333. The Labute approximate surface area is 128 Å². The zero-order valence-corrected chi connectivity index (χ0v) is 12.9. The highest BCUT2D eigenvalue weighted by atomic mass is 32.1. The molecule has 6 heteroatoms. The predicted molar refractivity (Wildman–Crippen MR) is 85.6 cm³/mol. The van der Waals surface area contributed by atoms with Gasteiger partial charge in [-0.25, -0.2) is 9.78 Å². The maximum absolute atomic E-state index is 11.9. The van der Waals surface area contributed by atoms with Gasteiger partial charge in [0.1, 0.15) is 5.01 Å². The Balaban J connectivity index is 2.20. The third kappa shape index (κ3) is 3.72. The van der Waals surface area contributed by atoms with E-state index in [0.717, 1.165) is 17.1 Å². The Kier molecular flexibility index (Phi) is 5.16. The van der Waals surface area contributed by atoms with E-state index in [2.05, 4.69) is 17.2 Å². The van der Waals surface area contributed by atoms with Crippen molar-refractivity contribution in [2.24, 2.45) is 0 Å². The minimum absolute atomic E-state index is 0.115. The van der Waals surface area contributed by atoms with Crippen molar-refractivity contribution < 1.29 is 9.53 Å². The summed E-state index contributed by atoms with van der Waals surface area (Å²) >= 11 is 1.61. The molecule has 21 heavy (non-hydrogen) atoms. The number of carbonyl (C=O) groups is 1. The average molecular weight is 305 g/mol. The minimum atomic E-state index is -0.402. The molecule has 2 aromatic rings. The van der Waals surface area contributed by atoms with Crippen LogP contribution in [0.2, 0.25) is 0 Å². The van der Waals surface area contributed by atoms with Crippen LogP contribution < -0.4 is 11.1 Å². The summed E-state index contributed by atoms with van der Waals surface area (Å²) in [5, 5.41) is 6.35. The van der Waals surface area contributed by atoms with E-state index >= 15 is 0 Å². The summed E-state index contributed by atoms with van der Waals surface area (Å²) < 4.78 is 5.01. The van der Waals surface area contributed by atoms with Crippen LogP contribution in [0.15, 0.2) is 29.8 Å². The fourth-order valence-electron chi connectivity index (χ4n) is 1.98. The highest BCUT2D eigenvalue weighted by Crippen LogP contribution is 2.26. The van der Waals surface area contributed by atoms with E-state index in [0.29, 0.717) is 17.9 Å². The van der Waals surface area contributed by atoms with Gasteiger partial charge >= 0.3 is 5.97 Å². The van der Waals surface area contributed by atoms with E-state index in [1.165, 1.54) is 0 Å². The van der Waals surface area contributed by atoms with Crippen LogP contribution in [0.1, 0.15) is 41.7 Å². The molecule has 112 valence electrons. The Bertz CT molecular complexity index is 599. The Hall–Kier alpha value is -2.08. The summed E-state index contributed by atoms with van der Waals surface area (Å²) in [6.45, 7) is 4.18. The third-order valence-corrected chi connectivity index (χ3v) is 3.94. The summed E-state index contributed by atoms with van der Waals surface area (Å²) in [6, 6.07) is 5.41. The van der Waals surface area contributed by atoms with E-state index in [1.807, 2.05) is 11.4 Å². The summed E-state index contributed by atoms with van der Waals surface area (Å²) in [7, 11) is 0.